The zero-order valence-corrected chi connectivity index (χ0v) is 11.5. The number of hydrogen-bond donors (Lipinski definition) is 1. The fourth-order valence-corrected chi connectivity index (χ4v) is 2.63. The number of rotatable bonds is 2. The molecule has 2 heteroatoms. The summed E-state index contributed by atoms with van der Waals surface area (Å²) in [6, 6.07) is 15.7. The molecule has 1 unspecified atom stereocenters. The Bertz CT molecular complexity index is 532. The van der Waals surface area contributed by atoms with Crippen molar-refractivity contribution < 1.29 is 5.11 Å². The van der Waals surface area contributed by atoms with Crippen LogP contribution in [0.1, 0.15) is 23.6 Å². The van der Waals surface area contributed by atoms with Gasteiger partial charge in [-0.3, -0.25) is 0 Å². The van der Waals surface area contributed by atoms with Gasteiger partial charge >= 0.3 is 0 Å². The van der Waals surface area contributed by atoms with Crippen LogP contribution in [0.15, 0.2) is 53.0 Å². The van der Waals surface area contributed by atoms with Gasteiger partial charge in [0.25, 0.3) is 0 Å². The molecule has 0 amide bonds. The van der Waals surface area contributed by atoms with Crippen LogP contribution in [0, 0.1) is 6.92 Å². The van der Waals surface area contributed by atoms with Gasteiger partial charge in [0.15, 0.2) is 0 Å². The first kappa shape index (κ1) is 12.3. The minimum absolute atomic E-state index is 0.880. The lowest BCUT2D eigenvalue weighted by Gasteiger charge is -2.26. The van der Waals surface area contributed by atoms with Crippen LogP contribution in [0.2, 0.25) is 0 Å². The van der Waals surface area contributed by atoms with Crippen molar-refractivity contribution in [3.63, 3.8) is 0 Å². The van der Waals surface area contributed by atoms with Crippen LogP contribution in [0.3, 0.4) is 0 Å². The van der Waals surface area contributed by atoms with Gasteiger partial charge in [0.05, 0.1) is 0 Å². The normalized spacial score (nSPS) is 14.4. The summed E-state index contributed by atoms with van der Waals surface area (Å²) in [6.07, 6.45) is 0. The largest absolute Gasteiger partial charge is 0.381 e. The average Bonchev–Trinajstić information content (AvgIpc) is 2.29. The fraction of sp³-hybridized carbons (Fsp3) is 0.200. The van der Waals surface area contributed by atoms with E-state index in [0.29, 0.717) is 0 Å². The van der Waals surface area contributed by atoms with Crippen molar-refractivity contribution in [2.75, 3.05) is 0 Å². The first-order valence-electron chi connectivity index (χ1n) is 5.56. The topological polar surface area (TPSA) is 20.2 Å². The summed E-state index contributed by atoms with van der Waals surface area (Å²) < 4.78 is 0.923. The molecule has 0 spiro atoms. The van der Waals surface area contributed by atoms with E-state index >= 15 is 0 Å². The Balaban J connectivity index is 2.53. The lowest BCUT2D eigenvalue weighted by Crippen LogP contribution is -2.23. The minimum atomic E-state index is -0.980. The molecule has 0 aromatic heterocycles. The molecule has 0 heterocycles. The van der Waals surface area contributed by atoms with Crippen LogP contribution >= 0.6 is 15.9 Å². The molecule has 0 fully saturated rings. The van der Waals surface area contributed by atoms with Crippen LogP contribution in [-0.2, 0) is 5.60 Å². The summed E-state index contributed by atoms with van der Waals surface area (Å²) in [5, 5.41) is 10.7. The van der Waals surface area contributed by atoms with Crippen molar-refractivity contribution in [1.29, 1.82) is 0 Å². The van der Waals surface area contributed by atoms with Crippen LogP contribution in [0.4, 0.5) is 0 Å². The summed E-state index contributed by atoms with van der Waals surface area (Å²) in [4.78, 5) is 0. The number of aliphatic hydroxyl groups is 1. The Labute approximate surface area is 110 Å². The van der Waals surface area contributed by atoms with Crippen molar-refractivity contribution in [2.24, 2.45) is 0 Å². The molecule has 1 atom stereocenters. The van der Waals surface area contributed by atoms with Gasteiger partial charge in [0.2, 0.25) is 0 Å². The maximum atomic E-state index is 10.7. The van der Waals surface area contributed by atoms with Crippen LogP contribution in [0.25, 0.3) is 0 Å². The molecule has 0 saturated carbocycles. The van der Waals surface area contributed by atoms with Gasteiger partial charge < -0.3 is 5.11 Å². The van der Waals surface area contributed by atoms with Crippen molar-refractivity contribution in [3.8, 4) is 0 Å². The monoisotopic (exact) mass is 290 g/mol. The molecule has 0 aliphatic carbocycles. The average molecular weight is 291 g/mol. The molecule has 1 nitrogen and oxygen atoms in total. The maximum Gasteiger partial charge on any atom is 0.113 e. The molecule has 1 N–H and O–H groups in total. The van der Waals surface area contributed by atoms with E-state index < -0.39 is 5.60 Å². The first-order valence-corrected chi connectivity index (χ1v) is 6.35. The molecule has 0 saturated heterocycles. The molecular formula is C15H15BrO. The number of hydrogen-bond acceptors (Lipinski definition) is 1. The zero-order chi connectivity index (χ0) is 12.5. The first-order chi connectivity index (χ1) is 8.01. The molecular weight excluding hydrogens is 276 g/mol. The molecule has 2 aromatic carbocycles. The third-order valence-corrected chi connectivity index (χ3v) is 3.67. The van der Waals surface area contributed by atoms with Crippen molar-refractivity contribution in [3.05, 3.63) is 69.7 Å². The van der Waals surface area contributed by atoms with Gasteiger partial charge in [0, 0.05) is 10.0 Å². The smallest absolute Gasteiger partial charge is 0.113 e. The van der Waals surface area contributed by atoms with Gasteiger partial charge in [-0.2, -0.15) is 0 Å². The number of benzene rings is 2. The SMILES string of the molecule is Cc1cccc(C(C)(O)c2ccccc2Br)c1. The molecule has 2 rings (SSSR count). The second kappa shape index (κ2) is 4.63. The van der Waals surface area contributed by atoms with Gasteiger partial charge in [-0.15, -0.1) is 0 Å². The minimum Gasteiger partial charge on any atom is -0.381 e. The van der Waals surface area contributed by atoms with Crippen LogP contribution in [-0.4, -0.2) is 5.11 Å². The standard InChI is InChI=1S/C15H15BrO/c1-11-6-5-7-12(10-11)15(2,17)13-8-3-4-9-14(13)16/h3-10,17H,1-2H3. The molecule has 17 heavy (non-hydrogen) atoms. The highest BCUT2D eigenvalue weighted by Crippen LogP contribution is 2.34. The molecule has 0 radical (unpaired) electrons. The number of halogens is 1. The van der Waals surface area contributed by atoms with E-state index in [0.717, 1.165) is 21.2 Å². The Hall–Kier alpha value is -1.12. The Morgan fingerprint density at radius 2 is 1.76 bits per heavy atom. The lowest BCUT2D eigenvalue weighted by molar-refractivity contribution is 0.101. The summed E-state index contributed by atoms with van der Waals surface area (Å²) in [6.45, 7) is 3.85. The predicted octanol–water partition coefficient (Wildman–Crippen LogP) is 4.01. The van der Waals surface area contributed by atoms with Crippen LogP contribution < -0.4 is 0 Å². The van der Waals surface area contributed by atoms with Crippen molar-refractivity contribution in [1.82, 2.24) is 0 Å². The van der Waals surface area contributed by atoms with E-state index in [9.17, 15) is 5.11 Å². The lowest BCUT2D eigenvalue weighted by atomic mass is 9.87. The van der Waals surface area contributed by atoms with E-state index in [1.165, 1.54) is 0 Å². The highest BCUT2D eigenvalue weighted by atomic mass is 79.9. The molecule has 88 valence electrons. The summed E-state index contributed by atoms with van der Waals surface area (Å²) in [7, 11) is 0. The van der Waals surface area contributed by atoms with Gasteiger partial charge in [-0.25, -0.2) is 0 Å². The molecule has 0 aliphatic heterocycles. The number of aryl methyl sites for hydroxylation is 1. The molecule has 0 aliphatic rings. The van der Waals surface area contributed by atoms with E-state index in [4.69, 9.17) is 0 Å². The Kier molecular flexibility index (Phi) is 3.36. The second-order valence-corrected chi connectivity index (χ2v) is 5.28. The zero-order valence-electron chi connectivity index (χ0n) is 9.94. The molecule has 0 bridgehead atoms. The summed E-state index contributed by atoms with van der Waals surface area (Å²) in [5.74, 6) is 0. The molecule has 2 aromatic rings. The Morgan fingerprint density at radius 3 is 2.41 bits per heavy atom. The van der Waals surface area contributed by atoms with Crippen LogP contribution in [0.5, 0.6) is 0 Å². The van der Waals surface area contributed by atoms with E-state index in [-0.39, 0.29) is 0 Å². The second-order valence-electron chi connectivity index (χ2n) is 4.42. The van der Waals surface area contributed by atoms with Crippen molar-refractivity contribution >= 4 is 15.9 Å². The van der Waals surface area contributed by atoms with Gasteiger partial charge in [-0.05, 0) is 25.5 Å². The van der Waals surface area contributed by atoms with E-state index in [1.54, 1.807) is 0 Å². The van der Waals surface area contributed by atoms with E-state index in [1.807, 2.05) is 62.4 Å². The van der Waals surface area contributed by atoms with E-state index in [2.05, 4.69) is 15.9 Å². The highest BCUT2D eigenvalue weighted by Gasteiger charge is 2.27. The summed E-state index contributed by atoms with van der Waals surface area (Å²) >= 11 is 3.49. The third-order valence-electron chi connectivity index (χ3n) is 2.98. The Morgan fingerprint density at radius 1 is 1.06 bits per heavy atom. The predicted molar refractivity (Wildman–Crippen MR) is 74.0 cm³/mol. The third kappa shape index (κ3) is 2.43. The van der Waals surface area contributed by atoms with Crippen molar-refractivity contribution in [2.45, 2.75) is 19.4 Å². The fourth-order valence-electron chi connectivity index (χ4n) is 1.96. The van der Waals surface area contributed by atoms with Gasteiger partial charge in [0.1, 0.15) is 5.60 Å². The maximum absolute atomic E-state index is 10.7. The summed E-state index contributed by atoms with van der Waals surface area (Å²) in [5.41, 5.74) is 1.95. The quantitative estimate of drug-likeness (QED) is 0.886. The van der Waals surface area contributed by atoms with Gasteiger partial charge in [-0.1, -0.05) is 64.0 Å². The highest BCUT2D eigenvalue weighted by molar-refractivity contribution is 9.10.